The highest BCUT2D eigenvalue weighted by molar-refractivity contribution is 7.92. The van der Waals surface area contributed by atoms with Gasteiger partial charge >= 0.3 is 0 Å². The highest BCUT2D eigenvalue weighted by atomic mass is 32.2. The molecule has 0 spiro atoms. The fourth-order valence-electron chi connectivity index (χ4n) is 2.20. The SMILES string of the molecule is Cc1ccc(/C=C/S(=O)(=O)NC(CS(C)=O)c2ccccc2)cc1. The van der Waals surface area contributed by atoms with Gasteiger partial charge in [0.25, 0.3) is 0 Å². The molecular formula is C18H21NO3S2. The summed E-state index contributed by atoms with van der Waals surface area (Å²) in [7, 11) is -4.77. The molecule has 0 aliphatic heterocycles. The van der Waals surface area contributed by atoms with Crippen molar-refractivity contribution in [2.45, 2.75) is 13.0 Å². The molecule has 0 fully saturated rings. The van der Waals surface area contributed by atoms with Crippen LogP contribution in [0.2, 0.25) is 0 Å². The third-order valence-corrected chi connectivity index (χ3v) is 5.34. The van der Waals surface area contributed by atoms with Crippen molar-refractivity contribution in [3.8, 4) is 0 Å². The lowest BCUT2D eigenvalue weighted by Crippen LogP contribution is -2.30. The Bertz CT molecular complexity index is 813. The second kappa shape index (κ2) is 8.37. The summed E-state index contributed by atoms with van der Waals surface area (Å²) in [5, 5.41) is 1.15. The van der Waals surface area contributed by atoms with Crippen molar-refractivity contribution in [2.24, 2.45) is 0 Å². The smallest absolute Gasteiger partial charge is 0.234 e. The maximum atomic E-state index is 12.3. The predicted octanol–water partition coefficient (Wildman–Crippen LogP) is 3.00. The molecule has 2 rings (SSSR count). The highest BCUT2D eigenvalue weighted by Gasteiger charge is 2.18. The average Bonchev–Trinajstić information content (AvgIpc) is 2.54. The molecule has 128 valence electrons. The van der Waals surface area contributed by atoms with Crippen molar-refractivity contribution in [2.75, 3.05) is 12.0 Å². The van der Waals surface area contributed by atoms with Gasteiger partial charge in [0.2, 0.25) is 10.0 Å². The van der Waals surface area contributed by atoms with Gasteiger partial charge < -0.3 is 0 Å². The Morgan fingerprint density at radius 2 is 1.71 bits per heavy atom. The van der Waals surface area contributed by atoms with E-state index in [1.165, 1.54) is 0 Å². The van der Waals surface area contributed by atoms with Crippen LogP contribution in [-0.2, 0) is 20.8 Å². The van der Waals surface area contributed by atoms with E-state index in [1.807, 2.05) is 61.5 Å². The van der Waals surface area contributed by atoms with E-state index < -0.39 is 26.9 Å². The Kier molecular flexibility index (Phi) is 6.48. The number of nitrogens with one attached hydrogen (secondary N) is 1. The highest BCUT2D eigenvalue weighted by Crippen LogP contribution is 2.16. The molecule has 0 bridgehead atoms. The standard InChI is InChI=1S/C18H21NO3S2/c1-15-8-10-16(11-9-15)12-13-24(21,22)19-18(14-23(2)20)17-6-4-3-5-7-17/h3-13,18-19H,14H2,1-2H3/b13-12+. The van der Waals surface area contributed by atoms with E-state index in [0.29, 0.717) is 0 Å². The van der Waals surface area contributed by atoms with E-state index >= 15 is 0 Å². The molecule has 0 radical (unpaired) electrons. The Labute approximate surface area is 146 Å². The molecule has 0 amide bonds. The average molecular weight is 364 g/mol. The monoisotopic (exact) mass is 363 g/mol. The number of hydrogen-bond acceptors (Lipinski definition) is 3. The van der Waals surface area contributed by atoms with Crippen LogP contribution in [-0.4, -0.2) is 24.6 Å². The van der Waals surface area contributed by atoms with Crippen LogP contribution >= 0.6 is 0 Å². The number of hydrogen-bond donors (Lipinski definition) is 1. The third kappa shape index (κ3) is 6.03. The van der Waals surface area contributed by atoms with Crippen molar-refractivity contribution in [1.82, 2.24) is 4.72 Å². The Morgan fingerprint density at radius 1 is 1.08 bits per heavy atom. The van der Waals surface area contributed by atoms with Crippen LogP contribution in [0.4, 0.5) is 0 Å². The van der Waals surface area contributed by atoms with Gasteiger partial charge in [-0.25, -0.2) is 13.1 Å². The fraction of sp³-hybridized carbons (Fsp3) is 0.222. The molecule has 0 heterocycles. The molecule has 0 aromatic heterocycles. The zero-order chi connectivity index (χ0) is 17.6. The molecule has 1 N–H and O–H groups in total. The van der Waals surface area contributed by atoms with Crippen molar-refractivity contribution in [1.29, 1.82) is 0 Å². The van der Waals surface area contributed by atoms with E-state index in [1.54, 1.807) is 12.3 Å². The maximum absolute atomic E-state index is 12.3. The second-order valence-corrected chi connectivity index (χ2v) is 8.66. The lowest BCUT2D eigenvalue weighted by molar-refractivity contribution is 0.576. The van der Waals surface area contributed by atoms with Gasteiger partial charge in [0.1, 0.15) is 0 Å². The second-order valence-electron chi connectivity index (χ2n) is 5.58. The Morgan fingerprint density at radius 3 is 2.29 bits per heavy atom. The molecule has 24 heavy (non-hydrogen) atoms. The molecule has 6 heteroatoms. The molecule has 2 unspecified atom stereocenters. The van der Waals surface area contributed by atoms with Crippen LogP contribution in [0.25, 0.3) is 6.08 Å². The van der Waals surface area contributed by atoms with E-state index in [0.717, 1.165) is 22.1 Å². The fourth-order valence-corrected chi connectivity index (χ4v) is 4.08. The Hall–Kier alpha value is -1.76. The van der Waals surface area contributed by atoms with Gasteiger partial charge in [0.15, 0.2) is 0 Å². The quantitative estimate of drug-likeness (QED) is 0.822. The molecule has 0 saturated heterocycles. The van der Waals surface area contributed by atoms with E-state index in [-0.39, 0.29) is 5.75 Å². The Balaban J connectivity index is 2.17. The summed E-state index contributed by atoms with van der Waals surface area (Å²) in [6.45, 7) is 1.97. The van der Waals surface area contributed by atoms with Crippen molar-refractivity contribution < 1.29 is 12.6 Å². The van der Waals surface area contributed by atoms with Gasteiger partial charge in [-0.15, -0.1) is 0 Å². The first-order chi connectivity index (χ1) is 11.4. The minimum atomic E-state index is -3.65. The van der Waals surface area contributed by atoms with Gasteiger partial charge in [0.05, 0.1) is 6.04 Å². The zero-order valence-corrected chi connectivity index (χ0v) is 15.3. The number of benzene rings is 2. The van der Waals surface area contributed by atoms with Gasteiger partial charge in [-0.1, -0.05) is 60.2 Å². The van der Waals surface area contributed by atoms with Crippen molar-refractivity contribution in [3.05, 3.63) is 76.7 Å². The lowest BCUT2D eigenvalue weighted by Gasteiger charge is -2.16. The summed E-state index contributed by atoms with van der Waals surface area (Å²) >= 11 is 0. The molecule has 0 aliphatic carbocycles. The summed E-state index contributed by atoms with van der Waals surface area (Å²) < 4.78 is 38.9. The molecule has 0 saturated carbocycles. The largest absolute Gasteiger partial charge is 0.260 e. The summed E-state index contributed by atoms with van der Waals surface area (Å²) in [5.41, 5.74) is 2.71. The van der Waals surface area contributed by atoms with Crippen LogP contribution < -0.4 is 4.72 Å². The van der Waals surface area contributed by atoms with Gasteiger partial charge in [-0.3, -0.25) is 4.21 Å². The van der Waals surface area contributed by atoms with Crippen LogP contribution in [0, 0.1) is 6.92 Å². The zero-order valence-electron chi connectivity index (χ0n) is 13.7. The summed E-state index contributed by atoms with van der Waals surface area (Å²) in [5.74, 6) is 0.224. The van der Waals surface area contributed by atoms with Crippen LogP contribution in [0.5, 0.6) is 0 Å². The lowest BCUT2D eigenvalue weighted by atomic mass is 10.1. The maximum Gasteiger partial charge on any atom is 0.234 e. The number of aryl methyl sites for hydroxylation is 1. The molecule has 2 aromatic rings. The first-order valence-corrected chi connectivity index (χ1v) is 10.7. The molecule has 4 nitrogen and oxygen atoms in total. The molecule has 2 aromatic carbocycles. The minimum absolute atomic E-state index is 0.224. The molecule has 2 atom stereocenters. The van der Waals surface area contributed by atoms with Crippen LogP contribution in [0.15, 0.2) is 60.0 Å². The van der Waals surface area contributed by atoms with Gasteiger partial charge in [-0.2, -0.15) is 0 Å². The van der Waals surface area contributed by atoms with Gasteiger partial charge in [0, 0.05) is 28.2 Å². The van der Waals surface area contributed by atoms with Crippen molar-refractivity contribution >= 4 is 26.9 Å². The van der Waals surface area contributed by atoms with Crippen LogP contribution in [0.1, 0.15) is 22.7 Å². The van der Waals surface area contributed by atoms with E-state index in [2.05, 4.69) is 4.72 Å². The normalized spacial score (nSPS) is 14.6. The summed E-state index contributed by atoms with van der Waals surface area (Å²) in [6, 6.07) is 16.2. The van der Waals surface area contributed by atoms with Crippen molar-refractivity contribution in [3.63, 3.8) is 0 Å². The third-order valence-electron chi connectivity index (χ3n) is 3.43. The summed E-state index contributed by atoms with van der Waals surface area (Å²) in [4.78, 5) is 0. The molecule has 0 aliphatic rings. The van der Waals surface area contributed by atoms with Gasteiger partial charge in [-0.05, 0) is 24.1 Å². The topological polar surface area (TPSA) is 63.2 Å². The molecular weight excluding hydrogens is 342 g/mol. The van der Waals surface area contributed by atoms with E-state index in [9.17, 15) is 12.6 Å². The first kappa shape index (κ1) is 18.6. The minimum Gasteiger partial charge on any atom is -0.260 e. The first-order valence-electron chi connectivity index (χ1n) is 7.48. The van der Waals surface area contributed by atoms with E-state index in [4.69, 9.17) is 0 Å². The number of sulfonamides is 1. The summed E-state index contributed by atoms with van der Waals surface area (Å²) in [6.07, 6.45) is 3.11. The number of rotatable bonds is 7. The van der Waals surface area contributed by atoms with Crippen LogP contribution in [0.3, 0.4) is 0 Å². The predicted molar refractivity (Wildman–Crippen MR) is 100 cm³/mol.